The smallest absolute Gasteiger partial charge is 0.303 e. The van der Waals surface area contributed by atoms with Gasteiger partial charge in [-0.1, -0.05) is 25.8 Å². The van der Waals surface area contributed by atoms with Gasteiger partial charge in [-0.2, -0.15) is 0 Å². The Morgan fingerprint density at radius 3 is 2.61 bits per heavy atom. The number of aliphatic hydroxyl groups is 3. The minimum absolute atomic E-state index is 0.151. The molecular weight excluding hydrogens is 356 g/mol. The van der Waals surface area contributed by atoms with Gasteiger partial charge >= 0.3 is 5.97 Å². The minimum atomic E-state index is -1.47. The fourth-order valence-corrected chi connectivity index (χ4v) is 7.32. The average molecular weight is 389 g/mol. The first kappa shape index (κ1) is 19.9. The first-order valence-electron chi connectivity index (χ1n) is 10.5. The molecule has 5 nitrogen and oxygen atoms in total. The highest BCUT2D eigenvalue weighted by Gasteiger charge is 2.67. The second kappa shape index (κ2) is 6.32. The lowest BCUT2D eigenvalue weighted by molar-refractivity contribution is -0.157. The molecule has 0 aromatic carbocycles. The maximum Gasteiger partial charge on any atom is 0.303 e. The molecule has 0 unspecified atom stereocenters. The van der Waals surface area contributed by atoms with Crippen molar-refractivity contribution in [3.63, 3.8) is 0 Å². The molecule has 154 valence electrons. The highest BCUT2D eigenvalue weighted by molar-refractivity contribution is 5.66. The summed E-state index contributed by atoms with van der Waals surface area (Å²) in [6, 6.07) is 0. The molecule has 4 aliphatic rings. The van der Waals surface area contributed by atoms with Gasteiger partial charge in [-0.05, 0) is 67.3 Å². The molecule has 28 heavy (non-hydrogen) atoms. The zero-order valence-electron chi connectivity index (χ0n) is 17.0. The molecule has 3 saturated carbocycles. The van der Waals surface area contributed by atoms with Gasteiger partial charge in [0.15, 0.2) is 5.60 Å². The predicted octanol–water partition coefficient (Wildman–Crippen LogP) is 2.19. The lowest BCUT2D eigenvalue weighted by Gasteiger charge is -2.59. The molecule has 0 aromatic rings. The van der Waals surface area contributed by atoms with Crippen LogP contribution in [0.15, 0.2) is 11.6 Å². The van der Waals surface area contributed by atoms with Gasteiger partial charge in [0.25, 0.3) is 0 Å². The Hall–Kier alpha value is -1.35. The maximum absolute atomic E-state index is 11.4. The van der Waals surface area contributed by atoms with E-state index in [9.17, 15) is 20.1 Å². The van der Waals surface area contributed by atoms with Crippen molar-refractivity contribution in [2.24, 2.45) is 28.6 Å². The first-order valence-corrected chi connectivity index (χ1v) is 10.5. The summed E-state index contributed by atoms with van der Waals surface area (Å²) in [5.41, 5.74) is -1.11. The van der Waals surface area contributed by atoms with Gasteiger partial charge in [-0.15, -0.1) is 6.42 Å². The first-order chi connectivity index (χ1) is 13.1. The van der Waals surface area contributed by atoms with Crippen molar-refractivity contribution in [2.45, 2.75) is 83.2 Å². The third-order valence-corrected chi connectivity index (χ3v) is 8.90. The normalized spacial score (nSPS) is 52.5. The Kier molecular flexibility index (Phi) is 4.50. The number of ether oxygens (including phenoxy) is 1. The number of carbonyl (C=O) groups excluding carboxylic acids is 1. The summed E-state index contributed by atoms with van der Waals surface area (Å²) in [6.07, 6.45) is 10.2. The van der Waals surface area contributed by atoms with Crippen LogP contribution in [0, 0.1) is 40.9 Å². The second-order valence-electron chi connectivity index (χ2n) is 9.94. The van der Waals surface area contributed by atoms with Crippen LogP contribution in [0.5, 0.6) is 0 Å². The largest absolute Gasteiger partial charge is 0.459 e. The third-order valence-electron chi connectivity index (χ3n) is 8.90. The summed E-state index contributed by atoms with van der Waals surface area (Å²) >= 11 is 0. The van der Waals surface area contributed by atoms with Crippen LogP contribution < -0.4 is 0 Å². The highest BCUT2D eigenvalue weighted by Crippen LogP contribution is 2.67. The number of rotatable bonds is 1. The van der Waals surface area contributed by atoms with Gasteiger partial charge in [0.05, 0.1) is 6.10 Å². The molecule has 9 atom stereocenters. The Bertz CT molecular complexity index is 753. The van der Waals surface area contributed by atoms with E-state index in [0.29, 0.717) is 24.7 Å². The van der Waals surface area contributed by atoms with Gasteiger partial charge < -0.3 is 20.1 Å². The predicted molar refractivity (Wildman–Crippen MR) is 104 cm³/mol. The summed E-state index contributed by atoms with van der Waals surface area (Å²) in [5, 5.41) is 32.6. The minimum Gasteiger partial charge on any atom is -0.459 e. The van der Waals surface area contributed by atoms with Crippen molar-refractivity contribution in [3.8, 4) is 12.3 Å². The number of aliphatic hydroxyl groups excluding tert-OH is 2. The van der Waals surface area contributed by atoms with Gasteiger partial charge in [0.2, 0.25) is 0 Å². The standard InChI is InChI=1S/C23H32O5/c1-5-23(27)19(25)12-17-14-6-7-16-20(26)18(28-13(2)24)9-10-21(16,3)15(14)8-11-22(17,23)4/h1,7,14-15,17-20,25-27H,6,8-12H2,2-4H3/t14-,15+,17+,18-,19-,20-,21-,22+,23-/m1/s1. The molecule has 0 amide bonds. The van der Waals surface area contributed by atoms with E-state index in [1.807, 2.05) is 6.92 Å². The number of allylic oxidation sites excluding steroid dienone is 1. The van der Waals surface area contributed by atoms with Gasteiger partial charge in [0.1, 0.15) is 12.2 Å². The van der Waals surface area contributed by atoms with Crippen LogP contribution in [0.4, 0.5) is 0 Å². The average Bonchev–Trinajstić information content (AvgIpc) is 2.85. The number of esters is 1. The lowest BCUT2D eigenvalue weighted by atomic mass is 9.46. The molecule has 0 radical (unpaired) electrons. The summed E-state index contributed by atoms with van der Waals surface area (Å²) in [5.74, 6) is 3.01. The molecule has 0 bridgehead atoms. The number of carbonyl (C=O) groups is 1. The number of fused-ring (bicyclic) bond motifs is 5. The number of hydrogen-bond donors (Lipinski definition) is 3. The van der Waals surface area contributed by atoms with E-state index in [4.69, 9.17) is 11.2 Å². The molecule has 5 heteroatoms. The number of hydrogen-bond acceptors (Lipinski definition) is 5. The van der Waals surface area contributed by atoms with E-state index in [1.54, 1.807) is 0 Å². The summed E-state index contributed by atoms with van der Waals surface area (Å²) in [7, 11) is 0. The quantitative estimate of drug-likeness (QED) is 0.364. The third kappa shape index (κ3) is 2.41. The summed E-state index contributed by atoms with van der Waals surface area (Å²) < 4.78 is 5.36. The van der Waals surface area contributed by atoms with Crippen molar-refractivity contribution in [1.29, 1.82) is 0 Å². The van der Waals surface area contributed by atoms with Crippen molar-refractivity contribution in [3.05, 3.63) is 11.6 Å². The Labute approximate surface area is 167 Å². The van der Waals surface area contributed by atoms with E-state index in [-0.39, 0.29) is 17.3 Å². The van der Waals surface area contributed by atoms with Gasteiger partial charge in [-0.3, -0.25) is 4.79 Å². The fraction of sp³-hybridized carbons (Fsp3) is 0.783. The van der Waals surface area contributed by atoms with Crippen LogP contribution in [-0.2, 0) is 9.53 Å². The van der Waals surface area contributed by atoms with Crippen LogP contribution in [0.2, 0.25) is 0 Å². The maximum atomic E-state index is 11.4. The second-order valence-corrected chi connectivity index (χ2v) is 9.94. The van der Waals surface area contributed by atoms with Crippen LogP contribution in [-0.4, -0.2) is 45.2 Å². The van der Waals surface area contributed by atoms with Crippen LogP contribution in [0.25, 0.3) is 0 Å². The monoisotopic (exact) mass is 388 g/mol. The van der Waals surface area contributed by atoms with Crippen molar-refractivity contribution < 1.29 is 24.9 Å². The Morgan fingerprint density at radius 1 is 1.25 bits per heavy atom. The highest BCUT2D eigenvalue weighted by atomic mass is 16.6. The molecule has 0 aliphatic heterocycles. The molecule has 3 N–H and O–H groups in total. The topological polar surface area (TPSA) is 87.0 Å². The van der Waals surface area contributed by atoms with E-state index >= 15 is 0 Å². The SMILES string of the molecule is C#C[C@@]1(O)[C@H](O)C[C@H]2[C@@H]3CC=C4[C@@H](O)[C@H](OC(C)=O)CC[C@]4(C)[C@H]3CC[C@@]21C. The van der Waals surface area contributed by atoms with Gasteiger partial charge in [-0.25, -0.2) is 0 Å². The Balaban J connectivity index is 1.67. The van der Waals surface area contributed by atoms with E-state index < -0.39 is 29.3 Å². The van der Waals surface area contributed by atoms with Crippen molar-refractivity contribution in [2.75, 3.05) is 0 Å². The molecular formula is C23H32O5. The van der Waals surface area contributed by atoms with Crippen molar-refractivity contribution in [1.82, 2.24) is 0 Å². The molecule has 3 fully saturated rings. The lowest BCUT2D eigenvalue weighted by Crippen LogP contribution is -2.57. The number of terminal acetylenes is 1. The van der Waals surface area contributed by atoms with Crippen LogP contribution in [0.1, 0.15) is 59.3 Å². The molecule has 0 aromatic heterocycles. The van der Waals surface area contributed by atoms with Crippen molar-refractivity contribution >= 4 is 5.97 Å². The van der Waals surface area contributed by atoms with E-state index in [2.05, 4.69) is 18.9 Å². The van der Waals surface area contributed by atoms with Crippen LogP contribution in [0.3, 0.4) is 0 Å². The summed E-state index contributed by atoms with van der Waals surface area (Å²) in [4.78, 5) is 11.4. The van der Waals surface area contributed by atoms with Crippen LogP contribution >= 0.6 is 0 Å². The molecule has 0 spiro atoms. The molecule has 0 saturated heterocycles. The zero-order chi connectivity index (χ0) is 20.5. The van der Waals surface area contributed by atoms with Gasteiger partial charge in [0, 0.05) is 12.3 Å². The van der Waals surface area contributed by atoms with E-state index in [0.717, 1.165) is 31.3 Å². The Morgan fingerprint density at radius 2 is 1.96 bits per heavy atom. The summed E-state index contributed by atoms with van der Waals surface area (Å²) in [6.45, 7) is 5.65. The van der Waals surface area contributed by atoms with E-state index in [1.165, 1.54) is 6.92 Å². The fourth-order valence-electron chi connectivity index (χ4n) is 7.32. The molecule has 0 heterocycles. The molecule has 4 rings (SSSR count). The zero-order valence-corrected chi connectivity index (χ0v) is 17.0. The molecule has 4 aliphatic carbocycles.